The third-order valence-corrected chi connectivity index (χ3v) is 6.57. The summed E-state index contributed by atoms with van der Waals surface area (Å²) in [7, 11) is -2.85. The van der Waals surface area contributed by atoms with Crippen molar-refractivity contribution in [2.45, 2.75) is 11.1 Å². The van der Waals surface area contributed by atoms with Crippen molar-refractivity contribution in [3.63, 3.8) is 0 Å². The Bertz CT molecular complexity index is 1420. The van der Waals surface area contributed by atoms with Crippen molar-refractivity contribution in [1.29, 1.82) is 0 Å². The van der Waals surface area contributed by atoms with E-state index in [1.807, 2.05) is 0 Å². The van der Waals surface area contributed by atoms with E-state index in [0.717, 1.165) is 24.7 Å². The zero-order valence-corrected chi connectivity index (χ0v) is 17.6. The lowest BCUT2D eigenvalue weighted by molar-refractivity contribution is -0.137. The van der Waals surface area contributed by atoms with Gasteiger partial charge in [-0.25, -0.2) is 23.4 Å². The summed E-state index contributed by atoms with van der Waals surface area (Å²) in [5.74, 6) is -0.0519. The number of rotatable bonds is 5. The van der Waals surface area contributed by atoms with Gasteiger partial charge in [0.15, 0.2) is 10.3 Å². The van der Waals surface area contributed by atoms with Crippen LogP contribution in [-0.4, -0.2) is 30.5 Å². The molecule has 2 aromatic carbocycles. The normalized spacial score (nSPS) is 12.2. The Kier molecular flexibility index (Phi) is 5.46. The van der Waals surface area contributed by atoms with Crippen LogP contribution in [0, 0.1) is 5.13 Å². The van der Waals surface area contributed by atoms with E-state index in [4.69, 9.17) is 4.74 Å². The standard InChI is InChI=1S/C19H12F4N4O3S2/c1-30-15-6-10(19(21,22)23)2-4-13(15)17-12-5-3-11(7-14(12)25-9-26-17)32(28,29)27-18-24-8-16(20)31-18/h2-9H,1H3,(H,24,27). The Morgan fingerprint density at radius 1 is 1.06 bits per heavy atom. The highest BCUT2D eigenvalue weighted by Gasteiger charge is 2.31. The highest BCUT2D eigenvalue weighted by Crippen LogP contribution is 2.38. The number of anilines is 1. The first-order valence-corrected chi connectivity index (χ1v) is 11.0. The van der Waals surface area contributed by atoms with Gasteiger partial charge in [0.25, 0.3) is 10.0 Å². The van der Waals surface area contributed by atoms with Gasteiger partial charge in [0.2, 0.25) is 0 Å². The molecule has 0 saturated heterocycles. The quantitative estimate of drug-likeness (QED) is 0.412. The first-order valence-electron chi connectivity index (χ1n) is 8.73. The molecule has 166 valence electrons. The fourth-order valence-electron chi connectivity index (χ4n) is 2.96. The summed E-state index contributed by atoms with van der Waals surface area (Å²) in [6.07, 6.45) is -2.50. The second kappa shape index (κ2) is 7.98. The van der Waals surface area contributed by atoms with Gasteiger partial charge >= 0.3 is 6.18 Å². The van der Waals surface area contributed by atoms with E-state index >= 15 is 0 Å². The molecular weight excluding hydrogens is 472 g/mol. The van der Waals surface area contributed by atoms with E-state index in [-0.39, 0.29) is 32.6 Å². The third kappa shape index (κ3) is 4.21. The molecule has 32 heavy (non-hydrogen) atoms. The molecule has 2 heterocycles. The molecule has 0 amide bonds. The molecule has 0 radical (unpaired) electrons. The molecule has 0 aliphatic rings. The summed E-state index contributed by atoms with van der Waals surface area (Å²) in [6, 6.07) is 6.97. The molecule has 0 atom stereocenters. The summed E-state index contributed by atoms with van der Waals surface area (Å²) >= 11 is 0.532. The largest absolute Gasteiger partial charge is 0.496 e. The number of sulfonamides is 1. The van der Waals surface area contributed by atoms with Gasteiger partial charge in [-0.1, -0.05) is 11.3 Å². The monoisotopic (exact) mass is 484 g/mol. The number of nitrogens with zero attached hydrogens (tertiary/aromatic N) is 3. The molecule has 0 aliphatic carbocycles. The molecule has 7 nitrogen and oxygen atoms in total. The summed E-state index contributed by atoms with van der Waals surface area (Å²) in [4.78, 5) is 11.7. The molecule has 0 aliphatic heterocycles. The number of fused-ring (bicyclic) bond motifs is 1. The van der Waals surface area contributed by atoms with E-state index in [1.54, 1.807) is 0 Å². The average Bonchev–Trinajstić information content (AvgIpc) is 3.15. The lowest BCUT2D eigenvalue weighted by Gasteiger charge is -2.14. The smallest absolute Gasteiger partial charge is 0.416 e. The number of methoxy groups -OCH3 is 1. The van der Waals surface area contributed by atoms with Crippen molar-refractivity contribution < 1.29 is 30.7 Å². The number of ether oxygens (including phenoxy) is 1. The predicted octanol–water partition coefficient (Wildman–Crippen LogP) is 4.72. The lowest BCUT2D eigenvalue weighted by Crippen LogP contribution is -2.12. The van der Waals surface area contributed by atoms with Crippen molar-refractivity contribution in [2.75, 3.05) is 11.8 Å². The summed E-state index contributed by atoms with van der Waals surface area (Å²) in [5.41, 5.74) is -0.112. The number of hydrogen-bond donors (Lipinski definition) is 1. The summed E-state index contributed by atoms with van der Waals surface area (Å²) in [6.45, 7) is 0. The molecule has 2 aromatic heterocycles. The molecule has 4 aromatic rings. The maximum absolute atomic E-state index is 13.1. The molecule has 4 rings (SSSR count). The minimum atomic E-state index is -4.55. The van der Waals surface area contributed by atoms with Gasteiger partial charge in [0.05, 0.1) is 35.0 Å². The van der Waals surface area contributed by atoms with E-state index < -0.39 is 26.9 Å². The highest BCUT2D eigenvalue weighted by atomic mass is 32.2. The number of nitrogens with one attached hydrogen (secondary N) is 1. The van der Waals surface area contributed by atoms with Crippen LogP contribution in [0.2, 0.25) is 0 Å². The number of thiazole rings is 1. The molecule has 1 N–H and O–H groups in total. The first kappa shape index (κ1) is 21.9. The molecule has 0 saturated carbocycles. The number of aromatic nitrogens is 3. The Balaban J connectivity index is 1.78. The van der Waals surface area contributed by atoms with Gasteiger partial charge in [-0.2, -0.15) is 17.6 Å². The Labute approximate surface area is 182 Å². The van der Waals surface area contributed by atoms with E-state index in [2.05, 4.69) is 19.7 Å². The molecular formula is C19H12F4N4O3S2. The molecule has 0 unspecified atom stereocenters. The maximum Gasteiger partial charge on any atom is 0.416 e. The van der Waals surface area contributed by atoms with Crippen molar-refractivity contribution >= 4 is 37.4 Å². The van der Waals surface area contributed by atoms with Crippen molar-refractivity contribution in [3.05, 3.63) is 59.6 Å². The second-order valence-electron chi connectivity index (χ2n) is 6.39. The third-order valence-electron chi connectivity index (χ3n) is 4.40. The van der Waals surface area contributed by atoms with Crippen LogP contribution in [0.5, 0.6) is 5.75 Å². The zero-order chi connectivity index (χ0) is 23.1. The Hall–Kier alpha value is -3.32. The maximum atomic E-state index is 13.1. The van der Waals surface area contributed by atoms with Crippen LogP contribution < -0.4 is 9.46 Å². The Morgan fingerprint density at radius 3 is 2.50 bits per heavy atom. The van der Waals surface area contributed by atoms with E-state index in [1.165, 1.54) is 31.4 Å². The van der Waals surface area contributed by atoms with Crippen molar-refractivity contribution in [3.8, 4) is 17.0 Å². The van der Waals surface area contributed by atoms with Gasteiger partial charge in [-0.05, 0) is 36.4 Å². The number of halogens is 4. The van der Waals surface area contributed by atoms with Gasteiger partial charge < -0.3 is 4.74 Å². The topological polar surface area (TPSA) is 94.1 Å². The Morgan fingerprint density at radius 2 is 1.84 bits per heavy atom. The van der Waals surface area contributed by atoms with Gasteiger partial charge in [0.1, 0.15) is 12.1 Å². The summed E-state index contributed by atoms with van der Waals surface area (Å²) in [5, 5.41) is -0.394. The molecule has 0 fully saturated rings. The number of alkyl halides is 3. The van der Waals surface area contributed by atoms with Crippen LogP contribution in [-0.2, 0) is 16.2 Å². The fourth-order valence-corrected chi connectivity index (χ4v) is 4.76. The van der Waals surface area contributed by atoms with Gasteiger partial charge in [-0.15, -0.1) is 0 Å². The second-order valence-corrected chi connectivity index (χ2v) is 9.05. The summed E-state index contributed by atoms with van der Waals surface area (Å²) < 4.78 is 84.7. The minimum absolute atomic E-state index is 0.0519. The number of benzene rings is 2. The lowest BCUT2D eigenvalue weighted by atomic mass is 10.0. The van der Waals surface area contributed by atoms with E-state index in [9.17, 15) is 26.0 Å². The molecule has 0 spiro atoms. The molecule has 13 heteroatoms. The average molecular weight is 484 g/mol. The number of hydrogen-bond acceptors (Lipinski definition) is 7. The SMILES string of the molecule is COc1cc(C(F)(F)F)ccc1-c1ncnc2cc(S(=O)(=O)Nc3ncc(F)s3)ccc12. The van der Waals surface area contributed by atoms with Crippen LogP contribution in [0.1, 0.15) is 5.56 Å². The van der Waals surface area contributed by atoms with Gasteiger partial charge in [-0.3, -0.25) is 4.72 Å². The van der Waals surface area contributed by atoms with Crippen molar-refractivity contribution in [2.24, 2.45) is 0 Å². The fraction of sp³-hybridized carbons (Fsp3) is 0.105. The first-order chi connectivity index (χ1) is 15.1. The highest BCUT2D eigenvalue weighted by molar-refractivity contribution is 7.93. The van der Waals surface area contributed by atoms with E-state index in [0.29, 0.717) is 16.7 Å². The minimum Gasteiger partial charge on any atom is -0.496 e. The van der Waals surface area contributed by atoms with Crippen LogP contribution in [0.3, 0.4) is 0 Å². The molecule has 0 bridgehead atoms. The van der Waals surface area contributed by atoms with Gasteiger partial charge in [0, 0.05) is 10.9 Å². The van der Waals surface area contributed by atoms with Crippen LogP contribution >= 0.6 is 11.3 Å². The van der Waals surface area contributed by atoms with Crippen LogP contribution in [0.25, 0.3) is 22.2 Å². The zero-order valence-electron chi connectivity index (χ0n) is 16.0. The van der Waals surface area contributed by atoms with Crippen LogP contribution in [0.4, 0.5) is 22.7 Å². The van der Waals surface area contributed by atoms with Crippen LogP contribution in [0.15, 0.2) is 53.8 Å². The predicted molar refractivity (Wildman–Crippen MR) is 109 cm³/mol. The van der Waals surface area contributed by atoms with Crippen molar-refractivity contribution in [1.82, 2.24) is 15.0 Å².